The molecule has 3 heteroatoms. The average molecular weight is 300 g/mol. The smallest absolute Gasteiger partial charge is 0.0363 e. The molecule has 3 rings (SSSR count). The summed E-state index contributed by atoms with van der Waals surface area (Å²) in [5, 5.41) is 3.64. The number of aryl methyl sites for hydroxylation is 1. The quantitative estimate of drug-likeness (QED) is 0.730. The molecule has 0 bridgehead atoms. The van der Waals surface area contributed by atoms with E-state index in [-0.39, 0.29) is 0 Å². The van der Waals surface area contributed by atoms with Gasteiger partial charge in [-0.2, -0.15) is 0 Å². The van der Waals surface area contributed by atoms with E-state index in [4.69, 9.17) is 0 Å². The first kappa shape index (κ1) is 14.7. The van der Waals surface area contributed by atoms with E-state index in [9.17, 15) is 0 Å². The van der Waals surface area contributed by atoms with E-state index in [1.807, 2.05) is 11.8 Å². The lowest BCUT2D eigenvalue weighted by Crippen LogP contribution is -2.22. The van der Waals surface area contributed by atoms with Crippen molar-refractivity contribution in [3.63, 3.8) is 0 Å². The van der Waals surface area contributed by atoms with Crippen LogP contribution in [0, 0.1) is 5.92 Å². The Hall–Kier alpha value is -1.19. The van der Waals surface area contributed by atoms with Crippen molar-refractivity contribution in [3.8, 4) is 0 Å². The molecule has 1 N–H and O–H groups in total. The zero-order valence-corrected chi connectivity index (χ0v) is 13.5. The molecular weight excluding hydrogens is 276 g/mol. The van der Waals surface area contributed by atoms with Gasteiger partial charge >= 0.3 is 0 Å². The van der Waals surface area contributed by atoms with Crippen molar-refractivity contribution in [2.24, 2.45) is 5.92 Å². The van der Waals surface area contributed by atoms with Gasteiger partial charge in [0.25, 0.3) is 0 Å². The second-order valence-corrected chi connectivity index (χ2v) is 6.89. The number of rotatable bonds is 8. The average Bonchev–Trinajstić information content (AvgIpc) is 3.25. The first-order chi connectivity index (χ1) is 10.4. The van der Waals surface area contributed by atoms with E-state index in [1.165, 1.54) is 23.3 Å². The maximum Gasteiger partial charge on any atom is 0.0363 e. The molecule has 1 heterocycles. The Morgan fingerprint density at radius 3 is 2.76 bits per heavy atom. The molecule has 1 unspecified atom stereocenters. The van der Waals surface area contributed by atoms with Crippen LogP contribution in [0.25, 0.3) is 0 Å². The van der Waals surface area contributed by atoms with Gasteiger partial charge in [-0.15, -0.1) is 11.8 Å². The third-order valence-corrected chi connectivity index (χ3v) is 5.00. The predicted molar refractivity (Wildman–Crippen MR) is 90.7 cm³/mol. The van der Waals surface area contributed by atoms with Crippen LogP contribution in [-0.2, 0) is 6.54 Å². The van der Waals surface area contributed by atoms with Crippen LogP contribution in [0.3, 0.4) is 0 Å². The van der Waals surface area contributed by atoms with Gasteiger partial charge in [-0.1, -0.05) is 25.1 Å². The molecule has 0 saturated heterocycles. The lowest BCUT2D eigenvalue weighted by Gasteiger charge is -2.15. The molecule has 0 spiro atoms. The SMILES string of the molecule is CCNC(c1ccn(CCSc2ccccc2)c1)C1CC1. The topological polar surface area (TPSA) is 17.0 Å². The molecule has 1 aliphatic rings. The van der Waals surface area contributed by atoms with Gasteiger partial charge in [-0.25, -0.2) is 0 Å². The Morgan fingerprint density at radius 1 is 1.24 bits per heavy atom. The number of hydrogen-bond acceptors (Lipinski definition) is 2. The van der Waals surface area contributed by atoms with Gasteiger partial charge in [-0.3, -0.25) is 0 Å². The minimum absolute atomic E-state index is 0.568. The summed E-state index contributed by atoms with van der Waals surface area (Å²) in [5.74, 6) is 1.98. The molecule has 1 aliphatic carbocycles. The van der Waals surface area contributed by atoms with Gasteiger partial charge in [-0.05, 0) is 49.1 Å². The van der Waals surface area contributed by atoms with Gasteiger partial charge < -0.3 is 9.88 Å². The molecular formula is C18H24N2S. The molecule has 0 radical (unpaired) electrons. The lowest BCUT2D eigenvalue weighted by molar-refractivity contribution is 0.495. The van der Waals surface area contributed by atoms with E-state index in [0.29, 0.717) is 6.04 Å². The van der Waals surface area contributed by atoms with Gasteiger partial charge in [0.2, 0.25) is 0 Å². The van der Waals surface area contributed by atoms with Crippen molar-refractivity contribution in [2.75, 3.05) is 12.3 Å². The van der Waals surface area contributed by atoms with Crippen LogP contribution in [0.5, 0.6) is 0 Å². The van der Waals surface area contributed by atoms with E-state index >= 15 is 0 Å². The fourth-order valence-electron chi connectivity index (χ4n) is 2.77. The third kappa shape index (κ3) is 4.14. The Bertz CT molecular complexity index is 545. The van der Waals surface area contributed by atoms with Gasteiger partial charge in [0, 0.05) is 35.6 Å². The molecule has 21 heavy (non-hydrogen) atoms. The molecule has 1 atom stereocenters. The summed E-state index contributed by atoms with van der Waals surface area (Å²) in [6, 6.07) is 13.5. The first-order valence-corrected chi connectivity index (χ1v) is 8.92. The highest BCUT2D eigenvalue weighted by atomic mass is 32.2. The summed E-state index contributed by atoms with van der Waals surface area (Å²) in [4.78, 5) is 1.35. The van der Waals surface area contributed by atoms with Crippen molar-refractivity contribution in [3.05, 3.63) is 54.4 Å². The van der Waals surface area contributed by atoms with E-state index in [1.54, 1.807) is 0 Å². The highest BCUT2D eigenvalue weighted by Gasteiger charge is 2.31. The summed E-state index contributed by atoms with van der Waals surface area (Å²) in [6.45, 7) is 4.32. The van der Waals surface area contributed by atoms with Gasteiger partial charge in [0.05, 0.1) is 0 Å². The van der Waals surface area contributed by atoms with Crippen LogP contribution < -0.4 is 5.32 Å². The summed E-state index contributed by atoms with van der Waals surface area (Å²) < 4.78 is 2.33. The number of benzene rings is 1. The van der Waals surface area contributed by atoms with Crippen molar-refractivity contribution in [2.45, 2.75) is 37.2 Å². The molecule has 0 aliphatic heterocycles. The Balaban J connectivity index is 1.52. The van der Waals surface area contributed by atoms with Crippen LogP contribution in [0.2, 0.25) is 0 Å². The maximum atomic E-state index is 3.64. The zero-order chi connectivity index (χ0) is 14.5. The molecule has 1 aromatic carbocycles. The number of thioether (sulfide) groups is 1. The summed E-state index contributed by atoms with van der Waals surface area (Å²) in [5.41, 5.74) is 1.46. The first-order valence-electron chi connectivity index (χ1n) is 7.93. The second kappa shape index (κ2) is 7.19. The largest absolute Gasteiger partial charge is 0.353 e. The van der Waals surface area contributed by atoms with Crippen molar-refractivity contribution in [1.29, 1.82) is 0 Å². The third-order valence-electron chi connectivity index (χ3n) is 4.01. The van der Waals surface area contributed by atoms with Crippen LogP contribution in [0.1, 0.15) is 31.4 Å². The predicted octanol–water partition coefficient (Wildman–Crippen LogP) is 4.34. The fourth-order valence-corrected chi connectivity index (χ4v) is 3.66. The molecule has 112 valence electrons. The van der Waals surface area contributed by atoms with E-state index in [0.717, 1.165) is 24.8 Å². The molecule has 2 nitrogen and oxygen atoms in total. The van der Waals surface area contributed by atoms with Crippen molar-refractivity contribution >= 4 is 11.8 Å². The molecule has 2 aromatic rings. The lowest BCUT2D eigenvalue weighted by atomic mass is 10.1. The van der Waals surface area contributed by atoms with Crippen molar-refractivity contribution < 1.29 is 0 Å². The summed E-state index contributed by atoms with van der Waals surface area (Å²) in [6.07, 6.45) is 7.32. The monoisotopic (exact) mass is 300 g/mol. The highest BCUT2D eigenvalue weighted by Crippen LogP contribution is 2.41. The molecule has 1 aromatic heterocycles. The Morgan fingerprint density at radius 2 is 2.05 bits per heavy atom. The Kier molecular flexibility index (Phi) is 5.04. The number of hydrogen-bond donors (Lipinski definition) is 1. The zero-order valence-electron chi connectivity index (χ0n) is 12.7. The maximum absolute atomic E-state index is 3.64. The van der Waals surface area contributed by atoms with E-state index in [2.05, 4.69) is 65.6 Å². The summed E-state index contributed by atoms with van der Waals surface area (Å²) >= 11 is 1.93. The highest BCUT2D eigenvalue weighted by molar-refractivity contribution is 7.99. The second-order valence-electron chi connectivity index (χ2n) is 5.72. The van der Waals surface area contributed by atoms with Crippen LogP contribution in [0.4, 0.5) is 0 Å². The van der Waals surface area contributed by atoms with Crippen molar-refractivity contribution in [1.82, 2.24) is 9.88 Å². The normalized spacial score (nSPS) is 16.0. The molecule has 1 saturated carbocycles. The number of nitrogens with zero attached hydrogens (tertiary/aromatic N) is 1. The van der Waals surface area contributed by atoms with E-state index < -0.39 is 0 Å². The summed E-state index contributed by atoms with van der Waals surface area (Å²) in [7, 11) is 0. The molecule has 1 fully saturated rings. The van der Waals surface area contributed by atoms with Crippen LogP contribution >= 0.6 is 11.8 Å². The van der Waals surface area contributed by atoms with Gasteiger partial charge in [0.15, 0.2) is 0 Å². The van der Waals surface area contributed by atoms with Gasteiger partial charge in [0.1, 0.15) is 0 Å². The van der Waals surface area contributed by atoms with Crippen LogP contribution in [-0.4, -0.2) is 16.9 Å². The number of aromatic nitrogens is 1. The Labute approximate surface area is 131 Å². The fraction of sp³-hybridized carbons (Fsp3) is 0.444. The number of nitrogens with one attached hydrogen (secondary N) is 1. The molecule has 0 amide bonds. The minimum Gasteiger partial charge on any atom is -0.353 e. The standard InChI is InChI=1S/C18H24N2S/c1-2-19-18(15-8-9-15)16-10-11-20(14-16)12-13-21-17-6-4-3-5-7-17/h3-7,10-11,14-15,18-19H,2,8-9,12-13H2,1H3. The van der Waals surface area contributed by atoms with Crippen LogP contribution in [0.15, 0.2) is 53.7 Å². The minimum atomic E-state index is 0.568.